The average molecular weight is 416 g/mol. The predicted molar refractivity (Wildman–Crippen MR) is 82.6 cm³/mol. The van der Waals surface area contributed by atoms with Gasteiger partial charge in [0.25, 0.3) is 0 Å². The van der Waals surface area contributed by atoms with Crippen LogP contribution in [0, 0.1) is 23.2 Å². The molecule has 0 aliphatic heterocycles. The maximum Gasteiger partial charge on any atom is 0.431 e. The van der Waals surface area contributed by atoms with Crippen LogP contribution in [0.25, 0.3) is 0 Å². The molecule has 154 valence electrons. The van der Waals surface area contributed by atoms with Gasteiger partial charge in [0.2, 0.25) is 0 Å². The van der Waals surface area contributed by atoms with Crippen LogP contribution in [0.3, 0.4) is 0 Å². The molecule has 4 saturated carbocycles. The molecular weight excluding hydrogens is 396 g/mol. The Hall–Kier alpha value is -1.23. The fourth-order valence-electron chi connectivity index (χ4n) is 4.99. The summed E-state index contributed by atoms with van der Waals surface area (Å²) in [6.45, 7) is -1.12. The van der Waals surface area contributed by atoms with Crippen molar-refractivity contribution in [3.63, 3.8) is 0 Å². The van der Waals surface area contributed by atoms with Crippen molar-refractivity contribution < 1.29 is 44.9 Å². The minimum atomic E-state index is -6.32. The summed E-state index contributed by atoms with van der Waals surface area (Å²) in [6, 6.07) is 0. The molecule has 0 spiro atoms. The lowest BCUT2D eigenvalue weighted by Gasteiger charge is -2.45. The fourth-order valence-corrected chi connectivity index (χ4v) is 5.47. The molecule has 4 fully saturated rings. The number of carbonyl (C=O) groups is 2. The Kier molecular flexibility index (Phi) is 4.86. The third kappa shape index (κ3) is 3.48. The molecule has 0 aromatic heterocycles. The van der Waals surface area contributed by atoms with E-state index in [0.29, 0.717) is 25.7 Å². The van der Waals surface area contributed by atoms with Crippen LogP contribution >= 0.6 is 0 Å². The molecule has 0 saturated heterocycles. The van der Waals surface area contributed by atoms with Crippen LogP contribution in [-0.2, 0) is 24.4 Å². The molecular formula is C16H20F4O6S. The largest absolute Gasteiger partial charge is 0.465 e. The quantitative estimate of drug-likeness (QED) is 0.406. The van der Waals surface area contributed by atoms with E-state index in [1.807, 2.05) is 0 Å². The maximum atomic E-state index is 13.5. The van der Waals surface area contributed by atoms with E-state index in [1.54, 1.807) is 0 Å². The van der Waals surface area contributed by atoms with Crippen molar-refractivity contribution in [3.05, 3.63) is 0 Å². The van der Waals surface area contributed by atoms with E-state index < -0.39 is 45.7 Å². The summed E-state index contributed by atoms with van der Waals surface area (Å²) in [5, 5.41) is -5.68. The molecule has 4 unspecified atom stereocenters. The molecule has 0 aromatic carbocycles. The summed E-state index contributed by atoms with van der Waals surface area (Å²) in [4.78, 5) is 24.7. The Morgan fingerprint density at radius 3 is 2.41 bits per heavy atom. The van der Waals surface area contributed by atoms with Gasteiger partial charge in [-0.25, -0.2) is 0 Å². The lowest BCUT2D eigenvalue weighted by atomic mass is 9.58. The lowest BCUT2D eigenvalue weighted by molar-refractivity contribution is -0.181. The molecule has 4 rings (SSSR count). The number of halogens is 4. The van der Waals surface area contributed by atoms with Gasteiger partial charge in [-0.3, -0.25) is 14.1 Å². The third-order valence-electron chi connectivity index (χ3n) is 6.06. The third-order valence-corrected chi connectivity index (χ3v) is 7.00. The molecule has 0 heterocycles. The zero-order chi connectivity index (χ0) is 20.3. The molecule has 1 N–H and O–H groups in total. The van der Waals surface area contributed by atoms with Crippen molar-refractivity contribution in [2.24, 2.45) is 23.2 Å². The first-order valence-corrected chi connectivity index (χ1v) is 10.1. The van der Waals surface area contributed by atoms with Gasteiger partial charge in [-0.1, -0.05) is 0 Å². The molecule has 0 radical (unpaired) electrons. The van der Waals surface area contributed by atoms with E-state index in [9.17, 15) is 35.6 Å². The molecule has 6 nitrogen and oxygen atoms in total. The zero-order valence-electron chi connectivity index (χ0n) is 14.3. The SMILES string of the molecule is O=C1CC2CC3CC1CC(C(=O)OCCC(F)(F)C(F)(F)S(=O)(=O)O)(C2)C3. The van der Waals surface area contributed by atoms with Crippen LogP contribution in [0.1, 0.15) is 44.9 Å². The van der Waals surface area contributed by atoms with Gasteiger partial charge in [0.05, 0.1) is 18.4 Å². The summed E-state index contributed by atoms with van der Waals surface area (Å²) in [7, 11) is -6.32. The Morgan fingerprint density at radius 2 is 1.78 bits per heavy atom. The highest BCUT2D eigenvalue weighted by molar-refractivity contribution is 7.87. The summed E-state index contributed by atoms with van der Waals surface area (Å²) >= 11 is 0. The summed E-state index contributed by atoms with van der Waals surface area (Å²) in [6.07, 6.45) is 1.31. The number of alkyl halides is 4. The molecule has 0 amide bonds. The van der Waals surface area contributed by atoms with Crippen LogP contribution in [0.15, 0.2) is 0 Å². The van der Waals surface area contributed by atoms with Gasteiger partial charge in [0.15, 0.2) is 0 Å². The van der Waals surface area contributed by atoms with Crippen LogP contribution in [0.5, 0.6) is 0 Å². The first-order chi connectivity index (χ1) is 12.3. The van der Waals surface area contributed by atoms with Crippen LogP contribution in [0.4, 0.5) is 17.6 Å². The number of ether oxygens (including phenoxy) is 1. The number of ketones is 1. The van der Waals surface area contributed by atoms with E-state index in [-0.39, 0.29) is 30.0 Å². The van der Waals surface area contributed by atoms with E-state index in [2.05, 4.69) is 0 Å². The number of hydrogen-bond donors (Lipinski definition) is 1. The molecule has 4 bridgehead atoms. The van der Waals surface area contributed by atoms with E-state index in [4.69, 9.17) is 9.29 Å². The normalized spacial score (nSPS) is 33.8. The minimum absolute atomic E-state index is 0.0293. The molecule has 27 heavy (non-hydrogen) atoms. The number of carbonyl (C=O) groups excluding carboxylic acids is 2. The zero-order valence-corrected chi connectivity index (χ0v) is 15.1. The maximum absolute atomic E-state index is 13.5. The van der Waals surface area contributed by atoms with Gasteiger partial charge in [-0.05, 0) is 43.9 Å². The highest BCUT2D eigenvalue weighted by Crippen LogP contribution is 2.57. The summed E-state index contributed by atoms with van der Waals surface area (Å²) < 4.78 is 87.4. The average Bonchev–Trinajstić information content (AvgIpc) is 2.68. The van der Waals surface area contributed by atoms with Gasteiger partial charge in [-0.2, -0.15) is 26.0 Å². The highest BCUT2D eigenvalue weighted by Gasteiger charge is 2.65. The predicted octanol–water partition coefficient (Wildman–Crippen LogP) is 2.82. The number of fused-ring (bicyclic) bond motifs is 1. The molecule has 4 atom stereocenters. The van der Waals surface area contributed by atoms with Crippen molar-refractivity contribution in [1.29, 1.82) is 0 Å². The van der Waals surface area contributed by atoms with Crippen LogP contribution in [-0.4, -0.2) is 42.5 Å². The van der Waals surface area contributed by atoms with E-state index in [0.717, 1.165) is 6.42 Å². The van der Waals surface area contributed by atoms with Crippen molar-refractivity contribution >= 4 is 21.9 Å². The minimum Gasteiger partial charge on any atom is -0.465 e. The Balaban J connectivity index is 1.66. The second kappa shape index (κ2) is 6.40. The summed E-state index contributed by atoms with van der Waals surface area (Å²) in [5.41, 5.74) is -0.969. The standard InChI is InChI=1S/C16H20F4O6S/c17-15(18,16(19,20)27(23,24)25)1-2-26-13(22)14-6-9-3-10(7-14)5-12(21)11(4-9)8-14/h9-11H,1-8H2,(H,23,24,25). The number of Topliss-reactive ketones (excluding diaryl/α,β-unsaturated/α-hetero) is 1. The number of hydrogen-bond acceptors (Lipinski definition) is 5. The smallest absolute Gasteiger partial charge is 0.431 e. The number of esters is 1. The van der Waals surface area contributed by atoms with Crippen molar-refractivity contribution in [3.8, 4) is 0 Å². The lowest BCUT2D eigenvalue weighted by Crippen LogP contribution is -2.48. The molecule has 4 aliphatic rings. The Labute approximate surface area is 153 Å². The summed E-state index contributed by atoms with van der Waals surface area (Å²) in [5.74, 6) is -5.88. The van der Waals surface area contributed by atoms with Gasteiger partial charge in [-0.15, -0.1) is 0 Å². The Morgan fingerprint density at radius 1 is 1.15 bits per heavy atom. The van der Waals surface area contributed by atoms with E-state index in [1.165, 1.54) is 0 Å². The van der Waals surface area contributed by atoms with Crippen molar-refractivity contribution in [1.82, 2.24) is 0 Å². The van der Waals surface area contributed by atoms with Gasteiger partial charge in [0, 0.05) is 12.3 Å². The second-order valence-corrected chi connectivity index (χ2v) is 9.51. The van der Waals surface area contributed by atoms with Gasteiger partial charge >= 0.3 is 27.3 Å². The second-order valence-electron chi connectivity index (χ2n) is 8.05. The van der Waals surface area contributed by atoms with Crippen molar-refractivity contribution in [2.75, 3.05) is 6.61 Å². The molecule has 0 aromatic rings. The van der Waals surface area contributed by atoms with Crippen LogP contribution < -0.4 is 0 Å². The van der Waals surface area contributed by atoms with Gasteiger partial charge in [0.1, 0.15) is 5.78 Å². The monoisotopic (exact) mass is 416 g/mol. The molecule has 11 heteroatoms. The van der Waals surface area contributed by atoms with Crippen molar-refractivity contribution in [2.45, 2.75) is 56.1 Å². The fraction of sp³-hybridized carbons (Fsp3) is 0.875. The first-order valence-electron chi connectivity index (χ1n) is 8.70. The molecule has 4 aliphatic carbocycles. The van der Waals surface area contributed by atoms with E-state index >= 15 is 0 Å². The first kappa shape index (κ1) is 20.5. The number of rotatable bonds is 6. The Bertz CT molecular complexity index is 752. The topological polar surface area (TPSA) is 97.7 Å². The highest BCUT2D eigenvalue weighted by atomic mass is 32.2. The van der Waals surface area contributed by atoms with Crippen LogP contribution in [0.2, 0.25) is 0 Å². The van der Waals surface area contributed by atoms with Gasteiger partial charge < -0.3 is 4.74 Å².